The molecule has 0 atom stereocenters. The predicted octanol–water partition coefficient (Wildman–Crippen LogP) is 4.51. The van der Waals surface area contributed by atoms with Crippen LogP contribution < -0.4 is 10.5 Å². The van der Waals surface area contributed by atoms with Crippen molar-refractivity contribution in [3.63, 3.8) is 0 Å². The molecule has 0 bridgehead atoms. The van der Waals surface area contributed by atoms with E-state index >= 15 is 0 Å². The SMILES string of the molecule is Cc1cc(Br)cc(CN)c1OCc1ccc(Cl)s1. The van der Waals surface area contributed by atoms with Crippen LogP contribution in [-0.2, 0) is 13.2 Å². The molecule has 0 aliphatic carbocycles. The Labute approximate surface area is 124 Å². The molecule has 0 radical (unpaired) electrons. The van der Waals surface area contributed by atoms with Crippen molar-refractivity contribution in [2.24, 2.45) is 5.73 Å². The molecule has 0 saturated heterocycles. The van der Waals surface area contributed by atoms with E-state index in [9.17, 15) is 0 Å². The van der Waals surface area contributed by atoms with Gasteiger partial charge in [0, 0.05) is 21.5 Å². The summed E-state index contributed by atoms with van der Waals surface area (Å²) >= 11 is 10.9. The first-order valence-corrected chi connectivity index (χ1v) is 7.45. The molecule has 1 aromatic carbocycles. The normalized spacial score (nSPS) is 10.7. The number of hydrogen-bond acceptors (Lipinski definition) is 3. The standard InChI is InChI=1S/C13H13BrClNOS/c1-8-4-10(14)5-9(6-16)13(8)17-7-11-2-3-12(15)18-11/h2-5H,6-7,16H2,1H3. The van der Waals surface area contributed by atoms with E-state index < -0.39 is 0 Å². The minimum Gasteiger partial charge on any atom is -0.487 e. The van der Waals surface area contributed by atoms with E-state index in [1.54, 1.807) is 0 Å². The maximum absolute atomic E-state index is 5.89. The number of ether oxygens (including phenoxy) is 1. The number of benzene rings is 1. The summed E-state index contributed by atoms with van der Waals surface area (Å²) in [5.41, 5.74) is 7.82. The van der Waals surface area contributed by atoms with Gasteiger partial charge < -0.3 is 10.5 Å². The number of thiophene rings is 1. The van der Waals surface area contributed by atoms with E-state index in [4.69, 9.17) is 22.1 Å². The monoisotopic (exact) mass is 345 g/mol. The Hall–Kier alpha value is -0.550. The molecule has 2 nitrogen and oxygen atoms in total. The fourth-order valence-corrected chi connectivity index (χ4v) is 3.35. The number of hydrogen-bond donors (Lipinski definition) is 1. The van der Waals surface area contributed by atoms with Crippen LogP contribution in [0.5, 0.6) is 5.75 Å². The highest BCUT2D eigenvalue weighted by Crippen LogP contribution is 2.29. The largest absolute Gasteiger partial charge is 0.487 e. The van der Waals surface area contributed by atoms with Gasteiger partial charge in [-0.05, 0) is 36.8 Å². The van der Waals surface area contributed by atoms with Gasteiger partial charge in [-0.25, -0.2) is 0 Å². The second-order valence-electron chi connectivity index (χ2n) is 3.91. The molecule has 0 fully saturated rings. The van der Waals surface area contributed by atoms with Gasteiger partial charge in [0.05, 0.1) is 4.34 Å². The van der Waals surface area contributed by atoms with Crippen LogP contribution in [0.15, 0.2) is 28.7 Å². The average molecular weight is 347 g/mol. The molecular weight excluding hydrogens is 334 g/mol. The lowest BCUT2D eigenvalue weighted by molar-refractivity contribution is 0.304. The summed E-state index contributed by atoms with van der Waals surface area (Å²) in [4.78, 5) is 1.10. The molecule has 1 heterocycles. The molecule has 18 heavy (non-hydrogen) atoms. The zero-order valence-electron chi connectivity index (χ0n) is 9.87. The van der Waals surface area contributed by atoms with Gasteiger partial charge in [0.2, 0.25) is 0 Å². The third kappa shape index (κ3) is 3.26. The van der Waals surface area contributed by atoms with E-state index in [-0.39, 0.29) is 0 Å². The van der Waals surface area contributed by atoms with Gasteiger partial charge in [-0.1, -0.05) is 27.5 Å². The van der Waals surface area contributed by atoms with Crippen LogP contribution in [0.3, 0.4) is 0 Å². The summed E-state index contributed by atoms with van der Waals surface area (Å²) in [6.07, 6.45) is 0. The maximum atomic E-state index is 5.89. The second kappa shape index (κ2) is 6.06. The third-order valence-corrected chi connectivity index (χ3v) is 4.19. The molecule has 0 unspecified atom stereocenters. The molecule has 0 aliphatic heterocycles. The fraction of sp³-hybridized carbons (Fsp3) is 0.231. The highest BCUT2D eigenvalue weighted by molar-refractivity contribution is 9.10. The Morgan fingerprint density at radius 1 is 1.39 bits per heavy atom. The van der Waals surface area contributed by atoms with Crippen molar-refractivity contribution < 1.29 is 4.74 Å². The van der Waals surface area contributed by atoms with Crippen molar-refractivity contribution in [3.8, 4) is 5.75 Å². The summed E-state index contributed by atoms with van der Waals surface area (Å²) in [5.74, 6) is 0.866. The molecule has 0 amide bonds. The van der Waals surface area contributed by atoms with E-state index in [0.717, 1.165) is 30.6 Å². The summed E-state index contributed by atoms with van der Waals surface area (Å²) in [6, 6.07) is 7.87. The van der Waals surface area contributed by atoms with E-state index in [0.29, 0.717) is 13.2 Å². The van der Waals surface area contributed by atoms with Crippen LogP contribution in [0.25, 0.3) is 0 Å². The van der Waals surface area contributed by atoms with Crippen LogP contribution >= 0.6 is 38.9 Å². The Bertz CT molecular complexity index is 556. The fourth-order valence-electron chi connectivity index (χ4n) is 1.73. The maximum Gasteiger partial charge on any atom is 0.127 e. The zero-order chi connectivity index (χ0) is 13.1. The summed E-state index contributed by atoms with van der Waals surface area (Å²) < 4.78 is 7.66. The summed E-state index contributed by atoms with van der Waals surface area (Å²) in [6.45, 7) is 2.99. The number of nitrogens with two attached hydrogens (primary N) is 1. The van der Waals surface area contributed by atoms with E-state index in [1.807, 2.05) is 31.2 Å². The molecule has 2 rings (SSSR count). The lowest BCUT2D eigenvalue weighted by Crippen LogP contribution is -2.04. The first-order chi connectivity index (χ1) is 8.60. The Morgan fingerprint density at radius 2 is 2.17 bits per heavy atom. The quantitative estimate of drug-likeness (QED) is 0.884. The molecule has 2 aromatic rings. The molecule has 0 spiro atoms. The molecule has 0 saturated carbocycles. The number of rotatable bonds is 4. The summed E-state index contributed by atoms with van der Waals surface area (Å²) in [5, 5.41) is 0. The molecule has 2 N–H and O–H groups in total. The van der Waals surface area contributed by atoms with Gasteiger partial charge in [-0.3, -0.25) is 0 Å². The van der Waals surface area contributed by atoms with Crippen molar-refractivity contribution in [3.05, 3.63) is 49.1 Å². The predicted molar refractivity (Wildman–Crippen MR) is 80.4 cm³/mol. The Balaban J connectivity index is 2.18. The number of aryl methyl sites for hydroxylation is 1. The minimum atomic E-state index is 0.459. The van der Waals surface area contributed by atoms with Crippen LogP contribution in [-0.4, -0.2) is 0 Å². The third-order valence-electron chi connectivity index (χ3n) is 2.52. The molecule has 5 heteroatoms. The molecule has 1 aromatic heterocycles. The lowest BCUT2D eigenvalue weighted by atomic mass is 10.1. The van der Waals surface area contributed by atoms with Crippen molar-refractivity contribution in [2.75, 3.05) is 0 Å². The highest BCUT2D eigenvalue weighted by atomic mass is 79.9. The van der Waals surface area contributed by atoms with Gasteiger partial charge >= 0.3 is 0 Å². The average Bonchev–Trinajstić information content (AvgIpc) is 2.73. The topological polar surface area (TPSA) is 35.2 Å². The molecule has 96 valence electrons. The molecule has 0 aliphatic rings. The highest BCUT2D eigenvalue weighted by Gasteiger charge is 2.09. The van der Waals surface area contributed by atoms with Crippen molar-refractivity contribution in [2.45, 2.75) is 20.1 Å². The van der Waals surface area contributed by atoms with Gasteiger partial charge in [-0.15, -0.1) is 11.3 Å². The van der Waals surface area contributed by atoms with E-state index in [2.05, 4.69) is 15.9 Å². The Kier molecular flexibility index (Phi) is 4.67. The first-order valence-electron chi connectivity index (χ1n) is 5.46. The van der Waals surface area contributed by atoms with E-state index in [1.165, 1.54) is 11.3 Å². The van der Waals surface area contributed by atoms with Crippen LogP contribution in [0.4, 0.5) is 0 Å². The first kappa shape index (κ1) is 13.9. The summed E-state index contributed by atoms with van der Waals surface area (Å²) in [7, 11) is 0. The van der Waals surface area contributed by atoms with Gasteiger partial charge in [0.15, 0.2) is 0 Å². The molecular formula is C13H13BrClNOS. The van der Waals surface area contributed by atoms with Gasteiger partial charge in [-0.2, -0.15) is 0 Å². The van der Waals surface area contributed by atoms with Crippen LogP contribution in [0.1, 0.15) is 16.0 Å². The van der Waals surface area contributed by atoms with Crippen LogP contribution in [0.2, 0.25) is 4.34 Å². The zero-order valence-corrected chi connectivity index (χ0v) is 13.0. The van der Waals surface area contributed by atoms with Crippen molar-refractivity contribution in [1.29, 1.82) is 0 Å². The van der Waals surface area contributed by atoms with Gasteiger partial charge in [0.1, 0.15) is 12.4 Å². The second-order valence-corrected chi connectivity index (χ2v) is 6.62. The van der Waals surface area contributed by atoms with Gasteiger partial charge in [0.25, 0.3) is 0 Å². The Morgan fingerprint density at radius 3 is 2.78 bits per heavy atom. The van der Waals surface area contributed by atoms with Crippen LogP contribution in [0, 0.1) is 6.92 Å². The van der Waals surface area contributed by atoms with Crippen molar-refractivity contribution in [1.82, 2.24) is 0 Å². The lowest BCUT2D eigenvalue weighted by Gasteiger charge is -2.13. The van der Waals surface area contributed by atoms with Crippen molar-refractivity contribution >= 4 is 38.9 Å². The number of halogens is 2. The smallest absolute Gasteiger partial charge is 0.127 e. The minimum absolute atomic E-state index is 0.459.